The average molecular weight is 495 g/mol. The van der Waals surface area contributed by atoms with Crippen molar-refractivity contribution in [2.45, 2.75) is 25.4 Å². The minimum absolute atomic E-state index is 0.0488. The Kier molecular flexibility index (Phi) is 9.08. The van der Waals surface area contributed by atoms with E-state index in [0.717, 1.165) is 44.9 Å². The highest BCUT2D eigenvalue weighted by Crippen LogP contribution is 2.16. The van der Waals surface area contributed by atoms with Gasteiger partial charge in [-0.25, -0.2) is 4.39 Å². The van der Waals surface area contributed by atoms with E-state index in [-0.39, 0.29) is 23.7 Å². The molecule has 0 unspecified atom stereocenters. The van der Waals surface area contributed by atoms with Gasteiger partial charge in [0.1, 0.15) is 18.2 Å². The highest BCUT2D eigenvalue weighted by Gasteiger charge is 2.22. The summed E-state index contributed by atoms with van der Waals surface area (Å²) in [6, 6.07) is 14.6. The molecule has 0 spiro atoms. The first-order valence-corrected chi connectivity index (χ1v) is 12.6. The van der Waals surface area contributed by atoms with Crippen molar-refractivity contribution < 1.29 is 18.7 Å². The van der Waals surface area contributed by atoms with E-state index in [0.29, 0.717) is 31.7 Å². The second kappa shape index (κ2) is 12.6. The van der Waals surface area contributed by atoms with Crippen LogP contribution in [0.25, 0.3) is 6.08 Å². The summed E-state index contributed by atoms with van der Waals surface area (Å²) in [4.78, 5) is 30.2. The summed E-state index contributed by atoms with van der Waals surface area (Å²) in [5, 5.41) is 3.02. The number of likely N-dealkylation sites (N-methyl/N-ethyl adjacent to an activating group) is 1. The molecule has 1 N–H and O–H groups in total. The largest absolute Gasteiger partial charge is 0.492 e. The van der Waals surface area contributed by atoms with E-state index in [1.54, 1.807) is 18.2 Å². The number of benzene rings is 2. The summed E-state index contributed by atoms with van der Waals surface area (Å²) in [7, 11) is 2.07. The molecule has 7 nitrogen and oxygen atoms in total. The molecule has 36 heavy (non-hydrogen) atoms. The zero-order chi connectivity index (χ0) is 25.3. The summed E-state index contributed by atoms with van der Waals surface area (Å²) < 4.78 is 19.3. The molecule has 1 atom stereocenters. The van der Waals surface area contributed by atoms with Crippen molar-refractivity contribution in [3.05, 3.63) is 71.6 Å². The number of rotatable bonds is 10. The van der Waals surface area contributed by atoms with Crippen LogP contribution in [-0.2, 0) is 16.1 Å². The number of piperazine rings is 1. The maximum atomic E-state index is 13.3. The van der Waals surface area contributed by atoms with Gasteiger partial charge in [0.25, 0.3) is 0 Å². The number of nitrogens with zero attached hydrogens (tertiary/aromatic N) is 3. The molecule has 2 heterocycles. The van der Waals surface area contributed by atoms with Crippen molar-refractivity contribution in [3.63, 3.8) is 0 Å². The van der Waals surface area contributed by atoms with Gasteiger partial charge in [0.15, 0.2) is 0 Å². The normalized spacial score (nSPS) is 18.7. The van der Waals surface area contributed by atoms with E-state index in [9.17, 15) is 14.0 Å². The molecule has 2 aliphatic heterocycles. The van der Waals surface area contributed by atoms with Crippen molar-refractivity contribution in [1.82, 2.24) is 20.0 Å². The van der Waals surface area contributed by atoms with E-state index in [1.807, 2.05) is 17.0 Å². The standard InChI is InChI=1S/C28H35FN4O3/c1-31(21-25-9-10-27(34)30-25)20-23-5-3-7-26(19-23)36-17-16-32-12-14-33(15-13-32)28(35)11-8-22-4-2-6-24(29)18-22/h2-8,11,18-19,25H,9-10,12-17,20-21H2,1H3,(H,30,34)/b11-8+/t25-/m0/s1. The maximum absolute atomic E-state index is 13.3. The maximum Gasteiger partial charge on any atom is 0.246 e. The monoisotopic (exact) mass is 494 g/mol. The van der Waals surface area contributed by atoms with E-state index in [2.05, 4.69) is 34.3 Å². The molecule has 4 rings (SSSR count). The molecule has 2 saturated heterocycles. The van der Waals surface area contributed by atoms with E-state index in [1.165, 1.54) is 23.8 Å². The van der Waals surface area contributed by atoms with E-state index in [4.69, 9.17) is 4.74 Å². The van der Waals surface area contributed by atoms with Crippen molar-refractivity contribution in [1.29, 1.82) is 0 Å². The Morgan fingerprint density at radius 1 is 1.17 bits per heavy atom. The number of carbonyl (C=O) groups excluding carboxylic acids is 2. The quantitative estimate of drug-likeness (QED) is 0.515. The van der Waals surface area contributed by atoms with Crippen molar-refractivity contribution >= 4 is 17.9 Å². The van der Waals surface area contributed by atoms with Gasteiger partial charge in [-0.1, -0.05) is 24.3 Å². The van der Waals surface area contributed by atoms with Crippen LogP contribution >= 0.6 is 0 Å². The molecule has 2 fully saturated rings. The Bertz CT molecular complexity index is 1070. The second-order valence-electron chi connectivity index (χ2n) is 9.55. The molecular weight excluding hydrogens is 459 g/mol. The third-order valence-corrected chi connectivity index (χ3v) is 6.60. The van der Waals surface area contributed by atoms with Crippen molar-refractivity contribution in [3.8, 4) is 5.75 Å². The SMILES string of the molecule is CN(Cc1cccc(OCCN2CCN(C(=O)/C=C/c3cccc(F)c3)CC2)c1)C[C@@H]1CCC(=O)N1. The summed E-state index contributed by atoms with van der Waals surface area (Å²) in [6.07, 6.45) is 4.70. The first kappa shape index (κ1) is 25.9. The van der Waals surface area contributed by atoms with Crippen molar-refractivity contribution in [2.75, 3.05) is 52.9 Å². The molecule has 192 valence electrons. The molecule has 8 heteroatoms. The van der Waals surface area contributed by atoms with Gasteiger partial charge in [-0.15, -0.1) is 0 Å². The average Bonchev–Trinajstić information content (AvgIpc) is 3.27. The number of hydrogen-bond donors (Lipinski definition) is 1. The Morgan fingerprint density at radius 3 is 2.72 bits per heavy atom. The molecule has 0 saturated carbocycles. The number of halogens is 1. The first-order valence-electron chi connectivity index (χ1n) is 12.6. The minimum Gasteiger partial charge on any atom is -0.492 e. The minimum atomic E-state index is -0.310. The first-order chi connectivity index (χ1) is 17.4. The lowest BCUT2D eigenvalue weighted by atomic mass is 10.1. The molecule has 0 aliphatic carbocycles. The summed E-state index contributed by atoms with van der Waals surface area (Å²) in [5.74, 6) is 0.642. The molecule has 0 bridgehead atoms. The lowest BCUT2D eigenvalue weighted by molar-refractivity contribution is -0.127. The van der Waals surface area contributed by atoms with Gasteiger partial charge in [-0.05, 0) is 54.9 Å². The molecule has 0 aromatic heterocycles. The van der Waals surface area contributed by atoms with Crippen LogP contribution in [0.5, 0.6) is 5.75 Å². The van der Waals surface area contributed by atoms with Crippen molar-refractivity contribution in [2.24, 2.45) is 0 Å². The molecule has 2 aromatic carbocycles. The molecule has 2 aromatic rings. The number of amides is 2. The summed E-state index contributed by atoms with van der Waals surface area (Å²) >= 11 is 0. The highest BCUT2D eigenvalue weighted by atomic mass is 19.1. The van der Waals surface area contributed by atoms with Crippen LogP contribution in [0.1, 0.15) is 24.0 Å². The Hall–Kier alpha value is -3.23. The topological polar surface area (TPSA) is 65.1 Å². The molecule has 2 aliphatic rings. The second-order valence-corrected chi connectivity index (χ2v) is 9.55. The van der Waals surface area contributed by atoms with Gasteiger partial charge < -0.3 is 19.9 Å². The number of ether oxygens (including phenoxy) is 1. The van der Waals surface area contributed by atoms with Crippen LogP contribution in [-0.4, -0.2) is 85.5 Å². The predicted molar refractivity (Wildman–Crippen MR) is 138 cm³/mol. The van der Waals surface area contributed by atoms with Crippen LogP contribution < -0.4 is 10.1 Å². The summed E-state index contributed by atoms with van der Waals surface area (Å²) in [5.41, 5.74) is 1.86. The fourth-order valence-electron chi connectivity index (χ4n) is 4.67. The fraction of sp³-hybridized carbons (Fsp3) is 0.429. The van der Waals surface area contributed by atoms with Crippen LogP contribution in [0.15, 0.2) is 54.6 Å². The lowest BCUT2D eigenvalue weighted by Gasteiger charge is -2.34. The Balaban J connectivity index is 1.15. The zero-order valence-electron chi connectivity index (χ0n) is 20.9. The van der Waals surface area contributed by atoms with Crippen LogP contribution in [0.3, 0.4) is 0 Å². The van der Waals surface area contributed by atoms with Gasteiger partial charge in [0.05, 0.1) is 0 Å². The Morgan fingerprint density at radius 2 is 1.97 bits per heavy atom. The number of nitrogens with one attached hydrogen (secondary N) is 1. The smallest absolute Gasteiger partial charge is 0.246 e. The van der Waals surface area contributed by atoms with Gasteiger partial charge in [0.2, 0.25) is 11.8 Å². The molecular formula is C28H35FN4O3. The van der Waals surface area contributed by atoms with Gasteiger partial charge >= 0.3 is 0 Å². The van der Waals surface area contributed by atoms with Crippen LogP contribution in [0.4, 0.5) is 4.39 Å². The predicted octanol–water partition coefficient (Wildman–Crippen LogP) is 2.77. The Labute approximate surface area is 212 Å². The third kappa shape index (κ3) is 7.90. The van der Waals surface area contributed by atoms with E-state index < -0.39 is 0 Å². The third-order valence-electron chi connectivity index (χ3n) is 6.60. The lowest BCUT2D eigenvalue weighted by Crippen LogP contribution is -2.49. The molecule has 2 amide bonds. The van der Waals surface area contributed by atoms with Crippen LogP contribution in [0, 0.1) is 5.82 Å². The fourth-order valence-corrected chi connectivity index (χ4v) is 4.67. The number of carbonyl (C=O) groups is 2. The van der Waals surface area contributed by atoms with Crippen LogP contribution in [0.2, 0.25) is 0 Å². The number of hydrogen-bond acceptors (Lipinski definition) is 5. The summed E-state index contributed by atoms with van der Waals surface area (Å²) in [6.45, 7) is 5.94. The van der Waals surface area contributed by atoms with E-state index >= 15 is 0 Å². The van der Waals surface area contributed by atoms with Gasteiger partial charge in [0, 0.05) is 64.4 Å². The van der Waals surface area contributed by atoms with Gasteiger partial charge in [-0.3, -0.25) is 14.5 Å². The zero-order valence-corrected chi connectivity index (χ0v) is 20.9. The van der Waals surface area contributed by atoms with Gasteiger partial charge in [-0.2, -0.15) is 0 Å². The highest BCUT2D eigenvalue weighted by molar-refractivity contribution is 5.91. The molecule has 0 radical (unpaired) electrons.